The highest BCUT2D eigenvalue weighted by atomic mass is 35.5. The first-order valence-electron chi connectivity index (χ1n) is 9.62. The smallest absolute Gasteiger partial charge is 0.230 e. The third kappa shape index (κ3) is 6.16. The van der Waals surface area contributed by atoms with Crippen LogP contribution in [0.2, 0.25) is 5.02 Å². The summed E-state index contributed by atoms with van der Waals surface area (Å²) in [5.74, 6) is 2.19. The molecule has 1 aliphatic rings. The highest BCUT2D eigenvalue weighted by Crippen LogP contribution is 2.26. The number of benzene rings is 2. The zero-order valence-corrected chi connectivity index (χ0v) is 17.8. The monoisotopic (exact) mass is 418 g/mol. The summed E-state index contributed by atoms with van der Waals surface area (Å²) in [4.78, 5) is 14.8. The molecular weight excluding hydrogens is 392 g/mol. The summed E-state index contributed by atoms with van der Waals surface area (Å²) in [6, 6.07) is 16.1. The number of nitrogens with zero attached hydrogens (tertiary/aromatic N) is 1. The SMILES string of the molecule is COc1ccc(C(CNC(=O)CSCc2ccc(Cl)cc2)N2CCCC2)cc1. The molecule has 0 spiro atoms. The Labute approximate surface area is 176 Å². The fraction of sp³-hybridized carbons (Fsp3) is 0.409. The molecule has 1 amide bonds. The average molecular weight is 419 g/mol. The van der Waals surface area contributed by atoms with Crippen LogP contribution in [-0.2, 0) is 10.5 Å². The van der Waals surface area contributed by atoms with Crippen molar-refractivity contribution in [1.82, 2.24) is 10.2 Å². The van der Waals surface area contributed by atoms with Crippen LogP contribution >= 0.6 is 23.4 Å². The maximum Gasteiger partial charge on any atom is 0.230 e. The van der Waals surface area contributed by atoms with E-state index in [0.717, 1.165) is 29.6 Å². The number of hydrogen-bond acceptors (Lipinski definition) is 4. The molecule has 0 bridgehead atoms. The molecule has 28 heavy (non-hydrogen) atoms. The van der Waals surface area contributed by atoms with Gasteiger partial charge in [0.2, 0.25) is 5.91 Å². The topological polar surface area (TPSA) is 41.6 Å². The third-order valence-corrected chi connectivity index (χ3v) is 6.25. The molecule has 2 aromatic rings. The van der Waals surface area contributed by atoms with Crippen LogP contribution in [0.25, 0.3) is 0 Å². The summed E-state index contributed by atoms with van der Waals surface area (Å²) in [7, 11) is 1.68. The standard InChI is InChI=1S/C22H27ClN2O2S/c1-27-20-10-6-18(7-11-20)21(25-12-2-3-13-25)14-24-22(26)16-28-15-17-4-8-19(23)9-5-17/h4-11,21H,2-3,12-16H2,1H3,(H,24,26). The predicted molar refractivity (Wildman–Crippen MR) is 117 cm³/mol. The largest absolute Gasteiger partial charge is 0.497 e. The number of likely N-dealkylation sites (tertiary alicyclic amines) is 1. The average Bonchev–Trinajstić information content (AvgIpc) is 3.25. The molecule has 1 N–H and O–H groups in total. The maximum absolute atomic E-state index is 12.3. The Bertz CT molecular complexity index is 746. The first-order chi connectivity index (χ1) is 13.7. The number of halogens is 1. The van der Waals surface area contributed by atoms with Gasteiger partial charge in [0.15, 0.2) is 0 Å². The number of nitrogens with one attached hydrogen (secondary N) is 1. The van der Waals surface area contributed by atoms with Crippen LogP contribution in [-0.4, -0.2) is 43.3 Å². The van der Waals surface area contributed by atoms with Crippen molar-refractivity contribution >= 4 is 29.3 Å². The molecule has 3 rings (SSSR count). The Balaban J connectivity index is 1.50. The molecule has 150 valence electrons. The molecule has 0 aliphatic carbocycles. The number of amides is 1. The number of ether oxygens (including phenoxy) is 1. The Kier molecular flexibility index (Phi) is 8.07. The van der Waals surface area contributed by atoms with Crippen molar-refractivity contribution in [3.8, 4) is 5.75 Å². The zero-order valence-electron chi connectivity index (χ0n) is 16.2. The van der Waals surface area contributed by atoms with Crippen molar-refractivity contribution < 1.29 is 9.53 Å². The van der Waals surface area contributed by atoms with Gasteiger partial charge in [-0.05, 0) is 61.3 Å². The van der Waals surface area contributed by atoms with Gasteiger partial charge in [-0.2, -0.15) is 0 Å². The van der Waals surface area contributed by atoms with Crippen LogP contribution < -0.4 is 10.1 Å². The van der Waals surface area contributed by atoms with Gasteiger partial charge >= 0.3 is 0 Å². The molecular formula is C22H27ClN2O2S. The number of thioether (sulfide) groups is 1. The van der Waals surface area contributed by atoms with E-state index in [2.05, 4.69) is 22.3 Å². The molecule has 6 heteroatoms. The van der Waals surface area contributed by atoms with Crippen LogP contribution in [0.4, 0.5) is 0 Å². The summed E-state index contributed by atoms with van der Waals surface area (Å²) in [5.41, 5.74) is 2.40. The number of rotatable bonds is 9. The first kappa shape index (κ1) is 21.0. The van der Waals surface area contributed by atoms with Gasteiger partial charge in [0.25, 0.3) is 0 Å². The minimum atomic E-state index is 0.0803. The quantitative estimate of drug-likeness (QED) is 0.649. The molecule has 1 unspecified atom stereocenters. The van der Waals surface area contributed by atoms with Crippen molar-refractivity contribution in [2.24, 2.45) is 0 Å². The fourth-order valence-corrected chi connectivity index (χ4v) is 4.38. The van der Waals surface area contributed by atoms with Gasteiger partial charge in [-0.25, -0.2) is 0 Å². The molecule has 2 aromatic carbocycles. The van der Waals surface area contributed by atoms with Gasteiger partial charge in [0.1, 0.15) is 5.75 Å². The number of carbonyl (C=O) groups is 1. The molecule has 1 atom stereocenters. The van der Waals surface area contributed by atoms with Crippen molar-refractivity contribution in [3.63, 3.8) is 0 Å². The summed E-state index contributed by atoms with van der Waals surface area (Å²) >= 11 is 7.53. The van der Waals surface area contributed by atoms with Gasteiger partial charge in [-0.3, -0.25) is 9.69 Å². The second-order valence-corrected chi connectivity index (χ2v) is 8.38. The van der Waals surface area contributed by atoms with E-state index < -0.39 is 0 Å². The van der Waals surface area contributed by atoms with E-state index in [4.69, 9.17) is 16.3 Å². The van der Waals surface area contributed by atoms with Gasteiger partial charge in [0.05, 0.1) is 18.9 Å². The highest BCUT2D eigenvalue weighted by molar-refractivity contribution is 7.99. The number of hydrogen-bond donors (Lipinski definition) is 1. The van der Waals surface area contributed by atoms with Gasteiger partial charge in [-0.1, -0.05) is 35.9 Å². The number of carbonyl (C=O) groups excluding carboxylic acids is 1. The van der Waals surface area contributed by atoms with Gasteiger partial charge < -0.3 is 10.1 Å². The third-order valence-electron chi connectivity index (χ3n) is 4.99. The van der Waals surface area contributed by atoms with E-state index in [0.29, 0.717) is 12.3 Å². The fourth-order valence-electron chi connectivity index (χ4n) is 3.44. The van der Waals surface area contributed by atoms with Crippen molar-refractivity contribution in [2.75, 3.05) is 32.5 Å². The summed E-state index contributed by atoms with van der Waals surface area (Å²) < 4.78 is 5.27. The molecule has 1 aliphatic heterocycles. The Morgan fingerprint density at radius 3 is 2.46 bits per heavy atom. The van der Waals surface area contributed by atoms with E-state index in [-0.39, 0.29) is 11.9 Å². The highest BCUT2D eigenvalue weighted by Gasteiger charge is 2.24. The van der Waals surface area contributed by atoms with E-state index in [1.165, 1.54) is 24.0 Å². The minimum Gasteiger partial charge on any atom is -0.497 e. The van der Waals surface area contributed by atoms with E-state index in [1.807, 2.05) is 36.4 Å². The molecule has 4 nitrogen and oxygen atoms in total. The van der Waals surface area contributed by atoms with E-state index >= 15 is 0 Å². The van der Waals surface area contributed by atoms with Gasteiger partial charge in [-0.15, -0.1) is 11.8 Å². The summed E-state index contributed by atoms with van der Waals surface area (Å²) in [6.45, 7) is 2.79. The predicted octanol–water partition coefficient (Wildman–Crippen LogP) is 4.54. The lowest BCUT2D eigenvalue weighted by Crippen LogP contribution is -2.37. The normalized spacial score (nSPS) is 15.4. The lowest BCUT2D eigenvalue weighted by Gasteiger charge is -2.28. The molecule has 0 aromatic heterocycles. The minimum absolute atomic E-state index is 0.0803. The van der Waals surface area contributed by atoms with Gasteiger partial charge in [0, 0.05) is 17.3 Å². The second-order valence-electron chi connectivity index (χ2n) is 6.96. The van der Waals surface area contributed by atoms with Crippen molar-refractivity contribution in [3.05, 3.63) is 64.7 Å². The molecule has 0 saturated carbocycles. The Morgan fingerprint density at radius 1 is 1.14 bits per heavy atom. The first-order valence-corrected chi connectivity index (χ1v) is 11.2. The molecule has 1 saturated heterocycles. The van der Waals surface area contributed by atoms with E-state index in [1.54, 1.807) is 18.9 Å². The lowest BCUT2D eigenvalue weighted by molar-refractivity contribution is -0.118. The Morgan fingerprint density at radius 2 is 1.82 bits per heavy atom. The van der Waals surface area contributed by atoms with Crippen LogP contribution in [0.1, 0.15) is 30.0 Å². The van der Waals surface area contributed by atoms with Crippen molar-refractivity contribution in [2.45, 2.75) is 24.6 Å². The van der Waals surface area contributed by atoms with Crippen molar-refractivity contribution in [1.29, 1.82) is 0 Å². The van der Waals surface area contributed by atoms with Crippen LogP contribution in [0.3, 0.4) is 0 Å². The summed E-state index contributed by atoms with van der Waals surface area (Å²) in [5, 5.41) is 3.86. The number of methoxy groups -OCH3 is 1. The maximum atomic E-state index is 12.3. The molecule has 0 radical (unpaired) electrons. The lowest BCUT2D eigenvalue weighted by atomic mass is 10.1. The summed E-state index contributed by atoms with van der Waals surface area (Å²) in [6.07, 6.45) is 2.44. The second kappa shape index (κ2) is 10.7. The zero-order chi connectivity index (χ0) is 19.8. The van der Waals surface area contributed by atoms with Crippen LogP contribution in [0.5, 0.6) is 5.75 Å². The van der Waals surface area contributed by atoms with Crippen LogP contribution in [0.15, 0.2) is 48.5 Å². The van der Waals surface area contributed by atoms with E-state index in [9.17, 15) is 4.79 Å². The van der Waals surface area contributed by atoms with Crippen LogP contribution in [0, 0.1) is 0 Å². The molecule has 1 heterocycles. The Hall–Kier alpha value is -1.69. The molecule has 1 fully saturated rings.